The Morgan fingerprint density at radius 1 is 1.15 bits per heavy atom. The van der Waals surface area contributed by atoms with Crippen molar-refractivity contribution in [3.05, 3.63) is 70.2 Å². The van der Waals surface area contributed by atoms with Crippen molar-refractivity contribution >= 4 is 28.9 Å². The van der Waals surface area contributed by atoms with Gasteiger partial charge in [0, 0.05) is 11.3 Å². The number of rotatable bonds is 5. The first-order valence-electron chi connectivity index (χ1n) is 6.17. The zero-order valence-corrected chi connectivity index (χ0v) is 12.4. The van der Waals surface area contributed by atoms with Gasteiger partial charge in [0.15, 0.2) is 0 Å². The number of halogens is 2. The first kappa shape index (κ1) is 14.8. The molecule has 0 bridgehead atoms. The Balaban J connectivity index is 2.18. The Morgan fingerprint density at radius 2 is 1.95 bits per heavy atom. The van der Waals surface area contributed by atoms with Crippen LogP contribution in [0.4, 0.5) is 5.69 Å². The Morgan fingerprint density at radius 3 is 2.70 bits per heavy atom. The van der Waals surface area contributed by atoms with E-state index in [4.69, 9.17) is 33.7 Å². The predicted octanol–water partition coefficient (Wildman–Crippen LogP) is 4.88. The fraction of sp³-hybridized carbons (Fsp3) is 0.125. The summed E-state index contributed by atoms with van der Waals surface area (Å²) in [5.74, 6) is 0.773. The van der Waals surface area contributed by atoms with Crippen molar-refractivity contribution in [2.75, 3.05) is 5.73 Å². The van der Waals surface area contributed by atoms with E-state index in [1.165, 1.54) is 0 Å². The predicted molar refractivity (Wildman–Crippen MR) is 85.5 cm³/mol. The summed E-state index contributed by atoms with van der Waals surface area (Å²) in [6.45, 7) is 4.09. The SMILES string of the molecule is C=CCc1cc(N)ccc1OCc1cccc(Cl)c1Cl. The Labute approximate surface area is 128 Å². The fourth-order valence-corrected chi connectivity index (χ4v) is 2.25. The summed E-state index contributed by atoms with van der Waals surface area (Å²) in [5.41, 5.74) is 8.33. The van der Waals surface area contributed by atoms with E-state index in [2.05, 4.69) is 6.58 Å². The Hall–Kier alpha value is -1.64. The summed E-state index contributed by atoms with van der Waals surface area (Å²) in [7, 11) is 0. The molecule has 0 heterocycles. The molecule has 0 unspecified atom stereocenters. The summed E-state index contributed by atoms with van der Waals surface area (Å²) in [6.07, 6.45) is 2.51. The largest absolute Gasteiger partial charge is 0.489 e. The summed E-state index contributed by atoms with van der Waals surface area (Å²) in [5, 5.41) is 1.05. The van der Waals surface area contributed by atoms with Gasteiger partial charge in [-0.3, -0.25) is 0 Å². The number of nitrogens with two attached hydrogens (primary N) is 1. The highest BCUT2D eigenvalue weighted by Gasteiger charge is 2.07. The van der Waals surface area contributed by atoms with Crippen LogP contribution in [-0.2, 0) is 13.0 Å². The van der Waals surface area contributed by atoms with Crippen molar-refractivity contribution in [2.45, 2.75) is 13.0 Å². The molecule has 2 aromatic carbocycles. The van der Waals surface area contributed by atoms with Crippen molar-refractivity contribution in [2.24, 2.45) is 0 Å². The average molecular weight is 308 g/mol. The zero-order chi connectivity index (χ0) is 14.5. The molecular formula is C16H15Cl2NO. The molecule has 0 amide bonds. The van der Waals surface area contributed by atoms with Gasteiger partial charge in [0.25, 0.3) is 0 Å². The molecule has 2 N–H and O–H groups in total. The van der Waals surface area contributed by atoms with Gasteiger partial charge in [-0.15, -0.1) is 6.58 Å². The monoisotopic (exact) mass is 307 g/mol. The molecule has 104 valence electrons. The summed E-state index contributed by atoms with van der Waals surface area (Å²) >= 11 is 12.1. The first-order valence-corrected chi connectivity index (χ1v) is 6.92. The minimum absolute atomic E-state index is 0.355. The van der Waals surface area contributed by atoms with Gasteiger partial charge in [-0.1, -0.05) is 41.4 Å². The standard InChI is InChI=1S/C16H15Cl2NO/c1-2-4-11-9-13(19)7-8-15(11)20-10-12-5-3-6-14(17)16(12)18/h2-3,5-9H,1,4,10,19H2. The lowest BCUT2D eigenvalue weighted by atomic mass is 10.1. The maximum Gasteiger partial charge on any atom is 0.123 e. The lowest BCUT2D eigenvalue weighted by molar-refractivity contribution is 0.303. The van der Waals surface area contributed by atoms with E-state index in [9.17, 15) is 0 Å². The normalized spacial score (nSPS) is 10.3. The molecule has 2 nitrogen and oxygen atoms in total. The van der Waals surface area contributed by atoms with Crippen LogP contribution >= 0.6 is 23.2 Å². The molecule has 0 atom stereocenters. The number of anilines is 1. The second-order valence-electron chi connectivity index (χ2n) is 4.36. The quantitative estimate of drug-likeness (QED) is 0.631. The molecule has 20 heavy (non-hydrogen) atoms. The molecule has 0 aliphatic carbocycles. The van der Waals surface area contributed by atoms with Gasteiger partial charge in [-0.2, -0.15) is 0 Å². The van der Waals surface area contributed by atoms with Crippen LogP contribution in [0.5, 0.6) is 5.75 Å². The molecule has 0 radical (unpaired) electrons. The molecule has 0 aromatic heterocycles. The summed E-state index contributed by atoms with van der Waals surface area (Å²) in [6, 6.07) is 11.0. The molecule has 0 saturated heterocycles. The van der Waals surface area contributed by atoms with E-state index >= 15 is 0 Å². The van der Waals surface area contributed by atoms with Crippen molar-refractivity contribution in [1.82, 2.24) is 0 Å². The maximum absolute atomic E-state index is 6.14. The molecule has 0 saturated carbocycles. The topological polar surface area (TPSA) is 35.2 Å². The van der Waals surface area contributed by atoms with Crippen LogP contribution in [0.15, 0.2) is 49.1 Å². The number of hydrogen-bond acceptors (Lipinski definition) is 2. The molecule has 0 fully saturated rings. The number of hydrogen-bond donors (Lipinski definition) is 1. The molecule has 0 aliphatic heterocycles. The molecule has 2 rings (SSSR count). The minimum Gasteiger partial charge on any atom is -0.489 e. The zero-order valence-electron chi connectivity index (χ0n) is 10.9. The lowest BCUT2D eigenvalue weighted by Gasteiger charge is -2.12. The van der Waals surface area contributed by atoms with Crippen LogP contribution in [0.2, 0.25) is 10.0 Å². The van der Waals surface area contributed by atoms with Gasteiger partial charge in [0.2, 0.25) is 0 Å². The van der Waals surface area contributed by atoms with E-state index < -0.39 is 0 Å². The molecular weight excluding hydrogens is 293 g/mol. The highest BCUT2D eigenvalue weighted by molar-refractivity contribution is 6.42. The highest BCUT2D eigenvalue weighted by atomic mass is 35.5. The molecule has 2 aromatic rings. The van der Waals surface area contributed by atoms with Crippen LogP contribution in [0, 0.1) is 0 Å². The van der Waals surface area contributed by atoms with Gasteiger partial charge < -0.3 is 10.5 Å². The Bertz CT molecular complexity index is 626. The van der Waals surface area contributed by atoms with E-state index in [0.29, 0.717) is 28.8 Å². The van der Waals surface area contributed by atoms with Gasteiger partial charge in [0.05, 0.1) is 10.0 Å². The number of allylic oxidation sites excluding steroid dienone is 1. The number of nitrogen functional groups attached to an aromatic ring is 1. The van der Waals surface area contributed by atoms with E-state index in [0.717, 1.165) is 16.9 Å². The number of ether oxygens (including phenoxy) is 1. The fourth-order valence-electron chi connectivity index (χ4n) is 1.87. The van der Waals surface area contributed by atoms with Crippen molar-refractivity contribution in [3.8, 4) is 5.75 Å². The third-order valence-corrected chi connectivity index (χ3v) is 3.72. The highest BCUT2D eigenvalue weighted by Crippen LogP contribution is 2.28. The van der Waals surface area contributed by atoms with Crippen molar-refractivity contribution in [1.29, 1.82) is 0 Å². The van der Waals surface area contributed by atoms with Gasteiger partial charge in [0.1, 0.15) is 12.4 Å². The van der Waals surface area contributed by atoms with Crippen LogP contribution in [-0.4, -0.2) is 0 Å². The lowest BCUT2D eigenvalue weighted by Crippen LogP contribution is -2.00. The van der Waals surface area contributed by atoms with Gasteiger partial charge in [-0.25, -0.2) is 0 Å². The van der Waals surface area contributed by atoms with E-state index in [1.807, 2.05) is 36.4 Å². The molecule has 0 aliphatic rings. The van der Waals surface area contributed by atoms with Crippen LogP contribution < -0.4 is 10.5 Å². The number of benzene rings is 2. The summed E-state index contributed by atoms with van der Waals surface area (Å²) < 4.78 is 5.82. The van der Waals surface area contributed by atoms with E-state index in [1.54, 1.807) is 6.07 Å². The Kier molecular flexibility index (Phi) is 4.94. The third kappa shape index (κ3) is 3.47. The summed E-state index contributed by atoms with van der Waals surface area (Å²) in [4.78, 5) is 0. The second-order valence-corrected chi connectivity index (χ2v) is 5.15. The maximum atomic E-state index is 6.14. The third-order valence-electron chi connectivity index (χ3n) is 2.86. The van der Waals surface area contributed by atoms with Crippen LogP contribution in [0.1, 0.15) is 11.1 Å². The van der Waals surface area contributed by atoms with E-state index in [-0.39, 0.29) is 0 Å². The average Bonchev–Trinajstić information content (AvgIpc) is 2.42. The van der Waals surface area contributed by atoms with Crippen molar-refractivity contribution < 1.29 is 4.74 Å². The first-order chi connectivity index (χ1) is 9.61. The second kappa shape index (κ2) is 6.69. The molecule has 0 spiro atoms. The smallest absolute Gasteiger partial charge is 0.123 e. The minimum atomic E-state index is 0.355. The molecule has 4 heteroatoms. The van der Waals surface area contributed by atoms with Gasteiger partial charge >= 0.3 is 0 Å². The van der Waals surface area contributed by atoms with Gasteiger partial charge in [-0.05, 0) is 36.2 Å². The van der Waals surface area contributed by atoms with Crippen molar-refractivity contribution in [3.63, 3.8) is 0 Å². The van der Waals surface area contributed by atoms with Crippen LogP contribution in [0.25, 0.3) is 0 Å². The van der Waals surface area contributed by atoms with Crippen LogP contribution in [0.3, 0.4) is 0 Å².